The van der Waals surface area contributed by atoms with Gasteiger partial charge in [-0.05, 0) is 17.9 Å². The van der Waals surface area contributed by atoms with E-state index in [2.05, 4.69) is 0 Å². The highest BCUT2D eigenvalue weighted by Crippen LogP contribution is 2.25. The summed E-state index contributed by atoms with van der Waals surface area (Å²) < 4.78 is 0. The van der Waals surface area contributed by atoms with Crippen LogP contribution in [-0.4, -0.2) is 5.91 Å². The SMILES string of the molecule is CCC(C(N)=O)[C@@H](C)c1ccccc1.Cl. The van der Waals surface area contributed by atoms with Gasteiger partial charge in [0.1, 0.15) is 0 Å². The molecule has 0 aliphatic rings. The van der Waals surface area contributed by atoms with Crippen molar-refractivity contribution in [3.8, 4) is 0 Å². The van der Waals surface area contributed by atoms with Crippen molar-refractivity contribution in [2.45, 2.75) is 26.2 Å². The van der Waals surface area contributed by atoms with Crippen LogP contribution in [0.4, 0.5) is 0 Å². The summed E-state index contributed by atoms with van der Waals surface area (Å²) in [4.78, 5) is 11.2. The number of hydrogen-bond donors (Lipinski definition) is 1. The Labute approximate surface area is 97.3 Å². The number of hydrogen-bond acceptors (Lipinski definition) is 1. The highest BCUT2D eigenvalue weighted by Gasteiger charge is 2.21. The molecule has 0 aliphatic carbocycles. The van der Waals surface area contributed by atoms with E-state index in [0.29, 0.717) is 0 Å². The molecule has 0 saturated heterocycles. The van der Waals surface area contributed by atoms with Gasteiger partial charge in [-0.3, -0.25) is 4.79 Å². The van der Waals surface area contributed by atoms with E-state index in [4.69, 9.17) is 5.73 Å². The minimum atomic E-state index is -0.205. The fraction of sp³-hybridized carbons (Fsp3) is 0.417. The predicted molar refractivity (Wildman–Crippen MR) is 65.1 cm³/mol. The van der Waals surface area contributed by atoms with Gasteiger partial charge in [0.15, 0.2) is 0 Å². The predicted octanol–water partition coefficient (Wildman–Crippen LogP) is 2.72. The van der Waals surface area contributed by atoms with Crippen LogP contribution in [0.5, 0.6) is 0 Å². The molecule has 1 unspecified atom stereocenters. The molecule has 0 heterocycles. The Morgan fingerprint density at radius 2 is 1.87 bits per heavy atom. The number of nitrogens with two attached hydrogens (primary N) is 1. The van der Waals surface area contributed by atoms with Crippen LogP contribution in [0.15, 0.2) is 30.3 Å². The third-order valence-corrected chi connectivity index (χ3v) is 2.73. The second kappa shape index (κ2) is 6.46. The number of benzene rings is 1. The largest absolute Gasteiger partial charge is 0.369 e. The zero-order chi connectivity index (χ0) is 10.6. The molecule has 0 aliphatic heterocycles. The summed E-state index contributed by atoms with van der Waals surface area (Å²) >= 11 is 0. The van der Waals surface area contributed by atoms with Crippen molar-refractivity contribution < 1.29 is 4.79 Å². The summed E-state index contributed by atoms with van der Waals surface area (Å²) in [5, 5.41) is 0. The van der Waals surface area contributed by atoms with Gasteiger partial charge in [0, 0.05) is 5.92 Å². The van der Waals surface area contributed by atoms with Crippen LogP contribution < -0.4 is 5.73 Å². The number of amides is 1. The van der Waals surface area contributed by atoms with Crippen molar-refractivity contribution >= 4 is 18.3 Å². The smallest absolute Gasteiger partial charge is 0.221 e. The molecule has 0 saturated carbocycles. The molecule has 0 bridgehead atoms. The fourth-order valence-corrected chi connectivity index (χ4v) is 1.79. The van der Waals surface area contributed by atoms with Crippen molar-refractivity contribution in [1.82, 2.24) is 0 Å². The number of halogens is 1. The maximum absolute atomic E-state index is 11.2. The normalized spacial score (nSPS) is 13.7. The first-order valence-corrected chi connectivity index (χ1v) is 5.01. The Morgan fingerprint density at radius 3 is 2.27 bits per heavy atom. The third-order valence-electron chi connectivity index (χ3n) is 2.73. The van der Waals surface area contributed by atoms with Crippen molar-refractivity contribution in [3.05, 3.63) is 35.9 Å². The maximum atomic E-state index is 11.2. The highest BCUT2D eigenvalue weighted by molar-refractivity contribution is 5.85. The zero-order valence-electron chi connectivity index (χ0n) is 9.14. The molecule has 2 atom stereocenters. The van der Waals surface area contributed by atoms with Gasteiger partial charge >= 0.3 is 0 Å². The van der Waals surface area contributed by atoms with E-state index in [1.807, 2.05) is 44.2 Å². The number of rotatable bonds is 4. The molecule has 2 N–H and O–H groups in total. The summed E-state index contributed by atoms with van der Waals surface area (Å²) in [6, 6.07) is 10.0. The molecule has 0 aromatic heterocycles. The van der Waals surface area contributed by atoms with Crippen LogP contribution in [0.25, 0.3) is 0 Å². The summed E-state index contributed by atoms with van der Waals surface area (Å²) in [6.45, 7) is 4.04. The van der Waals surface area contributed by atoms with E-state index in [1.165, 1.54) is 5.56 Å². The fourth-order valence-electron chi connectivity index (χ4n) is 1.79. The minimum Gasteiger partial charge on any atom is -0.369 e. The van der Waals surface area contributed by atoms with Crippen LogP contribution in [0.2, 0.25) is 0 Å². The van der Waals surface area contributed by atoms with E-state index in [0.717, 1.165) is 6.42 Å². The lowest BCUT2D eigenvalue weighted by Crippen LogP contribution is -2.27. The van der Waals surface area contributed by atoms with Gasteiger partial charge in [0.05, 0.1) is 0 Å². The summed E-state index contributed by atoms with van der Waals surface area (Å²) in [6.07, 6.45) is 0.797. The van der Waals surface area contributed by atoms with Crippen LogP contribution >= 0.6 is 12.4 Å². The monoisotopic (exact) mass is 227 g/mol. The Morgan fingerprint density at radius 1 is 1.33 bits per heavy atom. The minimum absolute atomic E-state index is 0. The second-order valence-electron chi connectivity index (χ2n) is 3.62. The standard InChI is InChI=1S/C12H17NO.ClH/c1-3-11(12(13)14)9(2)10-7-5-4-6-8-10;/h4-9,11H,3H2,1-2H3,(H2,13,14);1H/t9-,11?;/m0./s1. The first kappa shape index (κ1) is 14.0. The van der Waals surface area contributed by atoms with Gasteiger partial charge in [-0.25, -0.2) is 0 Å². The van der Waals surface area contributed by atoms with E-state index in [9.17, 15) is 4.79 Å². The lowest BCUT2D eigenvalue weighted by atomic mass is 9.85. The summed E-state index contributed by atoms with van der Waals surface area (Å²) in [7, 11) is 0. The molecule has 1 aromatic rings. The highest BCUT2D eigenvalue weighted by atomic mass is 35.5. The number of carbonyl (C=O) groups is 1. The number of carbonyl (C=O) groups excluding carboxylic acids is 1. The topological polar surface area (TPSA) is 43.1 Å². The molecule has 84 valence electrons. The van der Waals surface area contributed by atoms with Gasteiger partial charge < -0.3 is 5.73 Å². The average Bonchev–Trinajstić information content (AvgIpc) is 2.19. The average molecular weight is 228 g/mol. The van der Waals surface area contributed by atoms with Gasteiger partial charge in [-0.1, -0.05) is 44.2 Å². The molecule has 1 aromatic carbocycles. The first-order valence-electron chi connectivity index (χ1n) is 5.01. The lowest BCUT2D eigenvalue weighted by Gasteiger charge is -2.19. The first-order chi connectivity index (χ1) is 6.66. The second-order valence-corrected chi connectivity index (χ2v) is 3.62. The third kappa shape index (κ3) is 3.56. The Bertz CT molecular complexity index is 300. The molecule has 0 fully saturated rings. The molecule has 15 heavy (non-hydrogen) atoms. The zero-order valence-corrected chi connectivity index (χ0v) is 9.96. The number of primary amides is 1. The van der Waals surface area contributed by atoms with Crippen molar-refractivity contribution in [2.24, 2.45) is 11.7 Å². The van der Waals surface area contributed by atoms with Crippen molar-refractivity contribution in [3.63, 3.8) is 0 Å². The Kier molecular flexibility index (Phi) is 6.02. The quantitative estimate of drug-likeness (QED) is 0.845. The van der Waals surface area contributed by atoms with E-state index < -0.39 is 0 Å². The van der Waals surface area contributed by atoms with Gasteiger partial charge in [-0.2, -0.15) is 0 Å². The van der Waals surface area contributed by atoms with E-state index >= 15 is 0 Å². The van der Waals surface area contributed by atoms with Gasteiger partial charge in [-0.15, -0.1) is 12.4 Å². The molecule has 2 nitrogen and oxygen atoms in total. The molecular weight excluding hydrogens is 210 g/mol. The molecule has 0 radical (unpaired) electrons. The Hall–Kier alpha value is -1.02. The lowest BCUT2D eigenvalue weighted by molar-refractivity contribution is -0.122. The van der Waals surface area contributed by atoms with Crippen molar-refractivity contribution in [2.75, 3.05) is 0 Å². The van der Waals surface area contributed by atoms with E-state index in [1.54, 1.807) is 0 Å². The molecular formula is C12H18ClNO. The maximum Gasteiger partial charge on any atom is 0.221 e. The molecule has 1 amide bonds. The Balaban J connectivity index is 0.00000196. The summed E-state index contributed by atoms with van der Waals surface area (Å²) in [5.41, 5.74) is 6.53. The van der Waals surface area contributed by atoms with Crippen LogP contribution in [0.3, 0.4) is 0 Å². The van der Waals surface area contributed by atoms with Crippen LogP contribution in [-0.2, 0) is 4.79 Å². The van der Waals surface area contributed by atoms with Crippen LogP contribution in [0, 0.1) is 5.92 Å². The van der Waals surface area contributed by atoms with Crippen molar-refractivity contribution in [1.29, 1.82) is 0 Å². The molecule has 0 spiro atoms. The van der Waals surface area contributed by atoms with Crippen LogP contribution in [0.1, 0.15) is 31.7 Å². The summed E-state index contributed by atoms with van der Waals surface area (Å²) in [5.74, 6) is -0.0556. The van der Waals surface area contributed by atoms with E-state index in [-0.39, 0.29) is 30.2 Å². The molecule has 1 rings (SSSR count). The van der Waals surface area contributed by atoms with Gasteiger partial charge in [0.25, 0.3) is 0 Å². The molecule has 3 heteroatoms. The van der Waals surface area contributed by atoms with Gasteiger partial charge in [0.2, 0.25) is 5.91 Å².